The molecule has 24 heavy (non-hydrogen) atoms. The third-order valence-electron chi connectivity index (χ3n) is 4.44. The summed E-state index contributed by atoms with van der Waals surface area (Å²) in [5.41, 5.74) is 3.26. The monoisotopic (exact) mass is 345 g/mol. The van der Waals surface area contributed by atoms with E-state index in [-0.39, 0.29) is 6.04 Å². The summed E-state index contributed by atoms with van der Waals surface area (Å²) < 4.78 is 5.62. The minimum atomic E-state index is 0.0409. The first-order chi connectivity index (χ1) is 11.7. The molecule has 3 rings (SSSR count). The second-order valence-electron chi connectivity index (χ2n) is 6.19. The van der Waals surface area contributed by atoms with Gasteiger partial charge in [-0.3, -0.25) is 9.88 Å². The molecule has 1 fully saturated rings. The molecule has 0 spiro atoms. The van der Waals surface area contributed by atoms with Crippen molar-refractivity contribution >= 4 is 11.6 Å². The van der Waals surface area contributed by atoms with Gasteiger partial charge >= 0.3 is 0 Å². The van der Waals surface area contributed by atoms with Gasteiger partial charge in [0.05, 0.1) is 18.8 Å². The number of ether oxygens (including phenoxy) is 1. The number of methoxy groups -OCH3 is 1. The van der Waals surface area contributed by atoms with Crippen molar-refractivity contribution in [2.75, 3.05) is 33.3 Å². The number of hydrogen-bond acceptors (Lipinski definition) is 4. The summed E-state index contributed by atoms with van der Waals surface area (Å²) in [5, 5.41) is 4.18. The van der Waals surface area contributed by atoms with Crippen molar-refractivity contribution in [3.8, 4) is 5.75 Å². The third kappa shape index (κ3) is 3.89. The van der Waals surface area contributed by atoms with Crippen molar-refractivity contribution in [3.05, 3.63) is 58.4 Å². The van der Waals surface area contributed by atoms with E-state index in [1.165, 1.54) is 0 Å². The van der Waals surface area contributed by atoms with Crippen molar-refractivity contribution in [3.63, 3.8) is 0 Å². The van der Waals surface area contributed by atoms with Crippen molar-refractivity contribution in [2.45, 2.75) is 19.4 Å². The van der Waals surface area contributed by atoms with Crippen molar-refractivity contribution in [2.24, 2.45) is 0 Å². The number of hydrogen-bond donors (Lipinski definition) is 1. The van der Waals surface area contributed by atoms with E-state index in [2.05, 4.69) is 29.3 Å². The summed E-state index contributed by atoms with van der Waals surface area (Å²) in [7, 11) is 1.70. The molecule has 1 unspecified atom stereocenters. The van der Waals surface area contributed by atoms with Gasteiger partial charge in [-0.15, -0.1) is 0 Å². The van der Waals surface area contributed by atoms with E-state index in [9.17, 15) is 0 Å². The summed E-state index contributed by atoms with van der Waals surface area (Å²) >= 11 is 6.29. The lowest BCUT2D eigenvalue weighted by Gasteiger charge is -2.31. The molecule has 4 nitrogen and oxygen atoms in total. The highest BCUT2D eigenvalue weighted by Gasteiger charge is 2.27. The maximum Gasteiger partial charge on any atom is 0.124 e. The number of aryl methyl sites for hydroxylation is 1. The molecule has 1 aliphatic heterocycles. The molecule has 1 saturated heterocycles. The Morgan fingerprint density at radius 1 is 1.21 bits per heavy atom. The minimum absolute atomic E-state index is 0.0409. The third-order valence-corrected chi connectivity index (χ3v) is 4.68. The first kappa shape index (κ1) is 17.2. The Balaban J connectivity index is 2.07. The van der Waals surface area contributed by atoms with Crippen LogP contribution in [0.25, 0.3) is 0 Å². The molecule has 0 saturated carbocycles. The highest BCUT2D eigenvalue weighted by molar-refractivity contribution is 6.30. The Labute approximate surface area is 148 Å². The lowest BCUT2D eigenvalue weighted by atomic mass is 9.99. The number of aromatic nitrogens is 1. The summed E-state index contributed by atoms with van der Waals surface area (Å²) in [5.74, 6) is 0.851. The van der Waals surface area contributed by atoms with Gasteiger partial charge in [-0.2, -0.15) is 0 Å². The van der Waals surface area contributed by atoms with Gasteiger partial charge < -0.3 is 10.1 Å². The molecule has 1 aliphatic rings. The fourth-order valence-electron chi connectivity index (χ4n) is 3.23. The van der Waals surface area contributed by atoms with Gasteiger partial charge in [-0.05, 0) is 49.7 Å². The molecular weight excluding hydrogens is 322 g/mol. The van der Waals surface area contributed by atoms with Gasteiger partial charge in [0.25, 0.3) is 0 Å². The van der Waals surface area contributed by atoms with Gasteiger partial charge in [0.15, 0.2) is 0 Å². The molecule has 128 valence electrons. The van der Waals surface area contributed by atoms with Crippen molar-refractivity contribution in [1.29, 1.82) is 0 Å². The number of pyridine rings is 1. The number of nitrogens with one attached hydrogen (secondary N) is 1. The molecule has 1 atom stereocenters. The first-order valence-electron chi connectivity index (χ1n) is 8.40. The second-order valence-corrected chi connectivity index (χ2v) is 6.63. The van der Waals surface area contributed by atoms with Gasteiger partial charge in [-0.1, -0.05) is 17.7 Å². The molecule has 0 aliphatic carbocycles. The molecule has 2 aromatic rings. The molecule has 0 bridgehead atoms. The average Bonchev–Trinajstić information content (AvgIpc) is 2.86. The molecule has 1 aromatic carbocycles. The standard InChI is InChI=1S/C19H24ClN3O/c1-14-4-6-17(22-13-14)19(23-10-3-8-21-9-11-23)16-12-15(20)5-7-18(16)24-2/h4-7,12-13,19,21H,3,8-11H2,1-2H3. The van der Waals surface area contributed by atoms with E-state index in [4.69, 9.17) is 21.3 Å². The number of nitrogens with zero attached hydrogens (tertiary/aromatic N) is 2. The summed E-state index contributed by atoms with van der Waals surface area (Å²) in [6, 6.07) is 10.1. The van der Waals surface area contributed by atoms with E-state index in [0.717, 1.165) is 60.2 Å². The second kappa shape index (κ2) is 7.97. The van der Waals surface area contributed by atoms with E-state index in [1.54, 1.807) is 7.11 Å². The summed E-state index contributed by atoms with van der Waals surface area (Å²) in [6.45, 7) is 6.07. The van der Waals surface area contributed by atoms with Crippen LogP contribution >= 0.6 is 11.6 Å². The van der Waals surface area contributed by atoms with E-state index >= 15 is 0 Å². The lowest BCUT2D eigenvalue weighted by Crippen LogP contribution is -2.33. The van der Waals surface area contributed by atoms with Crippen LogP contribution in [0, 0.1) is 6.92 Å². The highest BCUT2D eigenvalue weighted by Crippen LogP contribution is 2.36. The molecular formula is C19H24ClN3O. The smallest absolute Gasteiger partial charge is 0.124 e. The van der Waals surface area contributed by atoms with Crippen LogP contribution < -0.4 is 10.1 Å². The van der Waals surface area contributed by atoms with Crippen LogP contribution in [-0.2, 0) is 0 Å². The van der Waals surface area contributed by atoms with Crippen LogP contribution in [-0.4, -0.2) is 43.2 Å². The molecule has 2 heterocycles. The molecule has 1 aromatic heterocycles. The number of benzene rings is 1. The van der Waals surface area contributed by atoms with Crippen LogP contribution in [0.4, 0.5) is 0 Å². The average molecular weight is 346 g/mol. The maximum absolute atomic E-state index is 6.29. The SMILES string of the molecule is COc1ccc(Cl)cc1C(c1ccc(C)cn1)N1CCCNCC1. The topological polar surface area (TPSA) is 37.4 Å². The predicted octanol–water partition coefficient (Wildman–Crippen LogP) is 3.44. The highest BCUT2D eigenvalue weighted by atomic mass is 35.5. The Hall–Kier alpha value is -1.62. The van der Waals surface area contributed by atoms with Crippen LogP contribution in [0.5, 0.6) is 5.75 Å². The Morgan fingerprint density at radius 2 is 2.08 bits per heavy atom. The van der Waals surface area contributed by atoms with Crippen molar-refractivity contribution < 1.29 is 4.74 Å². The van der Waals surface area contributed by atoms with Crippen molar-refractivity contribution in [1.82, 2.24) is 15.2 Å². The van der Waals surface area contributed by atoms with E-state index in [1.807, 2.05) is 24.4 Å². The van der Waals surface area contributed by atoms with Gasteiger partial charge in [0, 0.05) is 36.4 Å². The molecule has 1 N–H and O–H groups in total. The van der Waals surface area contributed by atoms with Gasteiger partial charge in [0.2, 0.25) is 0 Å². The van der Waals surface area contributed by atoms with Crippen LogP contribution in [0.3, 0.4) is 0 Å². The summed E-state index contributed by atoms with van der Waals surface area (Å²) in [4.78, 5) is 7.17. The van der Waals surface area contributed by atoms with E-state index in [0.29, 0.717) is 0 Å². The first-order valence-corrected chi connectivity index (χ1v) is 8.77. The predicted molar refractivity (Wildman–Crippen MR) is 97.9 cm³/mol. The van der Waals surface area contributed by atoms with Gasteiger partial charge in [-0.25, -0.2) is 0 Å². The zero-order valence-electron chi connectivity index (χ0n) is 14.3. The largest absolute Gasteiger partial charge is 0.496 e. The van der Waals surface area contributed by atoms with Crippen LogP contribution in [0.2, 0.25) is 5.02 Å². The molecule has 0 amide bonds. The maximum atomic E-state index is 6.29. The van der Waals surface area contributed by atoms with Gasteiger partial charge in [0.1, 0.15) is 5.75 Å². The molecule has 0 radical (unpaired) electrons. The Bertz CT molecular complexity index is 667. The quantitative estimate of drug-likeness (QED) is 0.921. The van der Waals surface area contributed by atoms with Crippen LogP contribution in [0.15, 0.2) is 36.5 Å². The minimum Gasteiger partial charge on any atom is -0.496 e. The van der Waals surface area contributed by atoms with E-state index < -0.39 is 0 Å². The Morgan fingerprint density at radius 3 is 2.83 bits per heavy atom. The number of halogens is 1. The fraction of sp³-hybridized carbons (Fsp3) is 0.421. The normalized spacial score (nSPS) is 17.3. The van der Waals surface area contributed by atoms with Crippen LogP contribution in [0.1, 0.15) is 29.3 Å². The lowest BCUT2D eigenvalue weighted by molar-refractivity contribution is 0.232. The Kier molecular flexibility index (Phi) is 5.72. The summed E-state index contributed by atoms with van der Waals surface area (Å²) in [6.07, 6.45) is 3.04. The number of rotatable bonds is 4. The zero-order valence-corrected chi connectivity index (χ0v) is 15.0. The zero-order chi connectivity index (χ0) is 16.9. The molecule has 5 heteroatoms. The fourth-order valence-corrected chi connectivity index (χ4v) is 3.41.